The van der Waals surface area contributed by atoms with E-state index in [4.69, 9.17) is 4.74 Å². The Bertz CT molecular complexity index is 729. The van der Waals surface area contributed by atoms with Crippen LogP contribution in [-0.4, -0.2) is 55.4 Å². The van der Waals surface area contributed by atoms with Gasteiger partial charge in [-0.2, -0.15) is 5.26 Å². The SMILES string of the molecule is COC1CNC(=O)N(c2cccc(C#N)c2)C1CC1CCN(C(C)(C)C)CC1. The monoisotopic (exact) mass is 384 g/mol. The fraction of sp³-hybridized carbons (Fsp3) is 0.636. The molecule has 1 aromatic rings. The first-order chi connectivity index (χ1) is 13.3. The summed E-state index contributed by atoms with van der Waals surface area (Å²) in [7, 11) is 1.71. The third-order valence-electron chi connectivity index (χ3n) is 6.13. The van der Waals surface area contributed by atoms with E-state index < -0.39 is 0 Å². The number of hydrogen-bond donors (Lipinski definition) is 1. The maximum absolute atomic E-state index is 12.8. The summed E-state index contributed by atoms with van der Waals surface area (Å²) in [6.07, 6.45) is 3.13. The zero-order chi connectivity index (χ0) is 20.3. The quantitative estimate of drug-likeness (QED) is 0.864. The average molecular weight is 385 g/mol. The van der Waals surface area contributed by atoms with Crippen molar-refractivity contribution in [2.75, 3.05) is 31.6 Å². The van der Waals surface area contributed by atoms with Crippen LogP contribution < -0.4 is 10.2 Å². The van der Waals surface area contributed by atoms with E-state index >= 15 is 0 Å². The van der Waals surface area contributed by atoms with Crippen LogP contribution in [-0.2, 0) is 4.74 Å². The minimum absolute atomic E-state index is 0.0288. The number of rotatable bonds is 4. The molecule has 28 heavy (non-hydrogen) atoms. The standard InChI is InChI=1S/C22H32N4O2/c1-22(2,3)25-10-8-16(9-11-25)13-19-20(28-4)15-24-21(27)26(19)18-7-5-6-17(12-18)14-23/h5-7,12,16,19-20H,8-11,13,15H2,1-4H3,(H,24,27). The molecule has 0 aromatic heterocycles. The number of likely N-dealkylation sites (tertiary alicyclic amines) is 1. The summed E-state index contributed by atoms with van der Waals surface area (Å²) < 4.78 is 5.75. The molecule has 6 heteroatoms. The van der Waals surface area contributed by atoms with Crippen molar-refractivity contribution >= 4 is 11.7 Å². The molecule has 6 nitrogen and oxygen atoms in total. The summed E-state index contributed by atoms with van der Waals surface area (Å²) >= 11 is 0. The van der Waals surface area contributed by atoms with Gasteiger partial charge in [0.25, 0.3) is 0 Å². The van der Waals surface area contributed by atoms with E-state index in [-0.39, 0.29) is 23.7 Å². The van der Waals surface area contributed by atoms with Crippen molar-refractivity contribution in [3.05, 3.63) is 29.8 Å². The minimum atomic E-state index is -0.111. The van der Waals surface area contributed by atoms with Gasteiger partial charge in [0.05, 0.1) is 23.8 Å². The molecule has 1 aromatic carbocycles. The maximum Gasteiger partial charge on any atom is 0.322 e. The molecule has 0 saturated carbocycles. The van der Waals surface area contributed by atoms with Crippen molar-refractivity contribution in [3.63, 3.8) is 0 Å². The molecule has 2 aliphatic rings. The zero-order valence-corrected chi connectivity index (χ0v) is 17.4. The summed E-state index contributed by atoms with van der Waals surface area (Å²) in [4.78, 5) is 17.1. The number of nitriles is 1. The van der Waals surface area contributed by atoms with E-state index in [1.165, 1.54) is 0 Å². The van der Waals surface area contributed by atoms with E-state index in [2.05, 4.69) is 37.1 Å². The Morgan fingerprint density at radius 1 is 1.29 bits per heavy atom. The van der Waals surface area contributed by atoms with Gasteiger partial charge in [0, 0.05) is 24.9 Å². The second-order valence-electron chi connectivity index (χ2n) is 8.90. The molecular weight excluding hydrogens is 352 g/mol. The van der Waals surface area contributed by atoms with Crippen molar-refractivity contribution in [2.45, 2.75) is 57.7 Å². The molecule has 0 bridgehead atoms. The molecule has 2 heterocycles. The molecular formula is C22H32N4O2. The van der Waals surface area contributed by atoms with Gasteiger partial charge in [-0.05, 0) is 77.2 Å². The van der Waals surface area contributed by atoms with E-state index in [0.29, 0.717) is 18.0 Å². The predicted molar refractivity (Wildman–Crippen MR) is 110 cm³/mol. The molecule has 152 valence electrons. The van der Waals surface area contributed by atoms with E-state index in [1.807, 2.05) is 12.1 Å². The maximum atomic E-state index is 12.8. The average Bonchev–Trinajstić information content (AvgIpc) is 2.68. The molecule has 1 N–H and O–H groups in total. The van der Waals surface area contributed by atoms with Crippen LogP contribution in [0.15, 0.2) is 24.3 Å². The molecule has 2 amide bonds. The Morgan fingerprint density at radius 3 is 2.61 bits per heavy atom. The van der Waals surface area contributed by atoms with E-state index in [0.717, 1.165) is 38.0 Å². The number of benzene rings is 1. The number of nitrogens with zero attached hydrogens (tertiary/aromatic N) is 3. The third-order valence-corrected chi connectivity index (χ3v) is 6.13. The lowest BCUT2D eigenvalue weighted by molar-refractivity contribution is 0.0480. The van der Waals surface area contributed by atoms with Crippen LogP contribution in [0, 0.1) is 17.2 Å². The summed E-state index contributed by atoms with van der Waals surface area (Å²) in [5.74, 6) is 0.564. The van der Waals surface area contributed by atoms with Crippen molar-refractivity contribution < 1.29 is 9.53 Å². The fourth-order valence-electron chi connectivity index (χ4n) is 4.44. The van der Waals surface area contributed by atoms with Crippen molar-refractivity contribution in [3.8, 4) is 6.07 Å². The van der Waals surface area contributed by atoms with E-state index in [9.17, 15) is 10.1 Å². The van der Waals surface area contributed by atoms with Gasteiger partial charge in [-0.25, -0.2) is 4.79 Å². The second-order valence-corrected chi connectivity index (χ2v) is 8.90. The number of nitrogens with one attached hydrogen (secondary N) is 1. The molecule has 0 aliphatic carbocycles. The number of carbonyl (C=O) groups is 1. The van der Waals surface area contributed by atoms with Gasteiger partial charge >= 0.3 is 6.03 Å². The van der Waals surface area contributed by atoms with Gasteiger partial charge in [0.1, 0.15) is 0 Å². The Morgan fingerprint density at radius 2 is 2.00 bits per heavy atom. The first kappa shape index (κ1) is 20.6. The molecule has 2 atom stereocenters. The first-order valence-electron chi connectivity index (χ1n) is 10.2. The van der Waals surface area contributed by atoms with Gasteiger partial charge in [0.2, 0.25) is 0 Å². The van der Waals surface area contributed by atoms with Crippen LogP contribution in [0.25, 0.3) is 0 Å². The third kappa shape index (κ3) is 4.48. The number of methoxy groups -OCH3 is 1. The van der Waals surface area contributed by atoms with Crippen LogP contribution in [0.5, 0.6) is 0 Å². The van der Waals surface area contributed by atoms with E-state index in [1.54, 1.807) is 24.1 Å². The molecule has 2 unspecified atom stereocenters. The number of anilines is 1. The number of carbonyl (C=O) groups excluding carboxylic acids is 1. The minimum Gasteiger partial charge on any atom is -0.377 e. The largest absolute Gasteiger partial charge is 0.377 e. The highest BCUT2D eigenvalue weighted by molar-refractivity contribution is 5.93. The summed E-state index contributed by atoms with van der Waals surface area (Å²) in [5, 5.41) is 12.2. The summed E-state index contributed by atoms with van der Waals surface area (Å²) in [5.41, 5.74) is 1.52. The van der Waals surface area contributed by atoms with Crippen molar-refractivity contribution in [2.24, 2.45) is 5.92 Å². The van der Waals surface area contributed by atoms with Gasteiger partial charge in [0.15, 0.2) is 0 Å². The van der Waals surface area contributed by atoms with Gasteiger partial charge in [-0.1, -0.05) is 6.07 Å². The number of piperidine rings is 1. The van der Waals surface area contributed by atoms with Crippen LogP contribution in [0.2, 0.25) is 0 Å². The van der Waals surface area contributed by atoms with Crippen molar-refractivity contribution in [1.82, 2.24) is 10.2 Å². The van der Waals surface area contributed by atoms with Crippen LogP contribution in [0.1, 0.15) is 45.6 Å². The van der Waals surface area contributed by atoms with Crippen LogP contribution >= 0.6 is 0 Å². The van der Waals surface area contributed by atoms with Gasteiger partial charge in [-0.3, -0.25) is 9.80 Å². The lowest BCUT2D eigenvalue weighted by Crippen LogP contribution is -2.61. The van der Waals surface area contributed by atoms with Crippen LogP contribution in [0.4, 0.5) is 10.5 Å². The number of ether oxygens (including phenoxy) is 1. The molecule has 2 saturated heterocycles. The second kappa shape index (κ2) is 8.50. The predicted octanol–water partition coefficient (Wildman–Crippen LogP) is 3.37. The molecule has 0 radical (unpaired) electrons. The summed E-state index contributed by atoms with van der Waals surface area (Å²) in [6, 6.07) is 9.30. The Balaban J connectivity index is 1.78. The normalized spacial score (nSPS) is 24.7. The fourth-order valence-corrected chi connectivity index (χ4v) is 4.44. The lowest BCUT2D eigenvalue weighted by atomic mass is 9.85. The summed E-state index contributed by atoms with van der Waals surface area (Å²) in [6.45, 7) is 9.51. The number of hydrogen-bond acceptors (Lipinski definition) is 4. The van der Waals surface area contributed by atoms with Gasteiger partial charge < -0.3 is 10.1 Å². The number of amides is 2. The Kier molecular flexibility index (Phi) is 6.26. The Hall–Kier alpha value is -2.10. The zero-order valence-electron chi connectivity index (χ0n) is 17.4. The number of urea groups is 1. The highest BCUT2D eigenvalue weighted by Crippen LogP contribution is 2.32. The molecule has 0 spiro atoms. The highest BCUT2D eigenvalue weighted by Gasteiger charge is 2.39. The van der Waals surface area contributed by atoms with Crippen molar-refractivity contribution in [1.29, 1.82) is 5.26 Å². The lowest BCUT2D eigenvalue weighted by Gasteiger charge is -2.45. The first-order valence-corrected chi connectivity index (χ1v) is 10.2. The van der Waals surface area contributed by atoms with Gasteiger partial charge in [-0.15, -0.1) is 0 Å². The molecule has 3 rings (SSSR count). The van der Waals surface area contributed by atoms with Crippen LogP contribution in [0.3, 0.4) is 0 Å². The Labute approximate surface area is 168 Å². The molecule has 2 fully saturated rings. The smallest absolute Gasteiger partial charge is 0.322 e. The highest BCUT2D eigenvalue weighted by atomic mass is 16.5. The molecule has 2 aliphatic heterocycles. The topological polar surface area (TPSA) is 68.6 Å².